The van der Waals surface area contributed by atoms with Crippen LogP contribution in [0.4, 0.5) is 4.79 Å². The fourth-order valence-corrected chi connectivity index (χ4v) is 8.66. The van der Waals surface area contributed by atoms with Crippen LogP contribution in [-0.2, 0) is 49.2 Å². The number of aliphatic hydroxyl groups is 2. The van der Waals surface area contributed by atoms with E-state index in [-0.39, 0.29) is 50.2 Å². The number of nitrogens with one attached hydrogen (secondary N) is 1. The maximum atomic E-state index is 13.4. The van der Waals surface area contributed by atoms with E-state index in [1.165, 1.54) is 4.90 Å². The van der Waals surface area contributed by atoms with Crippen molar-refractivity contribution in [1.82, 2.24) is 15.1 Å². The average molecular weight is 844 g/mol. The maximum absolute atomic E-state index is 13.4. The molecule has 5 aromatic rings. The van der Waals surface area contributed by atoms with Crippen LogP contribution in [0.25, 0.3) is 11.1 Å². The second-order valence-electron chi connectivity index (χ2n) is 16.2. The summed E-state index contributed by atoms with van der Waals surface area (Å²) in [5.41, 5.74) is 5.95. The summed E-state index contributed by atoms with van der Waals surface area (Å²) in [6.45, 7) is 4.26. The second-order valence-corrected chi connectivity index (χ2v) is 16.7. The summed E-state index contributed by atoms with van der Waals surface area (Å²) in [6, 6.07) is 39.1. The summed E-state index contributed by atoms with van der Waals surface area (Å²) < 4.78 is 18.8. The molecular formula is C49H50ClN3O8. The molecule has 3 fully saturated rings. The topological polar surface area (TPSA) is 138 Å². The molecule has 316 valence electrons. The Balaban J connectivity index is 0.952. The van der Waals surface area contributed by atoms with Gasteiger partial charge >= 0.3 is 6.09 Å². The van der Waals surface area contributed by atoms with Crippen LogP contribution < -0.4 is 5.32 Å². The van der Waals surface area contributed by atoms with Crippen LogP contribution in [0.3, 0.4) is 0 Å². The molecule has 12 heteroatoms. The number of aliphatic hydroxyl groups excluding tert-OH is 1. The van der Waals surface area contributed by atoms with E-state index in [0.29, 0.717) is 37.5 Å². The lowest BCUT2D eigenvalue weighted by Gasteiger charge is -2.45. The van der Waals surface area contributed by atoms with Gasteiger partial charge in [-0.05, 0) is 63.9 Å². The molecular weight excluding hydrogens is 794 g/mol. The van der Waals surface area contributed by atoms with Gasteiger partial charge in [0.1, 0.15) is 12.6 Å². The van der Waals surface area contributed by atoms with Gasteiger partial charge in [0, 0.05) is 36.1 Å². The van der Waals surface area contributed by atoms with E-state index in [4.69, 9.17) is 25.8 Å². The number of carbonyl (C=O) groups is 3. The van der Waals surface area contributed by atoms with Gasteiger partial charge in [0.15, 0.2) is 6.29 Å². The molecule has 11 nitrogen and oxygen atoms in total. The molecule has 0 radical (unpaired) electrons. The fraction of sp³-hybridized carbons (Fsp3) is 0.327. The Kier molecular flexibility index (Phi) is 13.0. The molecule has 3 N–H and O–H groups in total. The van der Waals surface area contributed by atoms with Gasteiger partial charge in [-0.3, -0.25) is 14.5 Å². The van der Waals surface area contributed by atoms with Gasteiger partial charge in [-0.2, -0.15) is 0 Å². The number of amides is 3. The lowest BCUT2D eigenvalue weighted by atomic mass is 9.84. The number of rotatable bonds is 12. The molecule has 5 unspecified atom stereocenters. The molecule has 0 saturated carbocycles. The highest BCUT2D eigenvalue weighted by molar-refractivity contribution is 6.30. The number of piperidine rings is 1. The number of halogens is 1. The number of likely N-dealkylation sites (tertiary alicyclic amines) is 2. The SMILES string of the molecule is CC1C(CN2CCC(O)(c3ccc(Cl)cc3)CC2)OC(c2ccc(-c3ccccc3CN3C(=O)CC(NC(=O)OCc4ccccc4)C3=O)cc2)OC1c1ccc(CO)cc1. The standard InChI is InChI=1S/C49H50ClN3O8/c1-32-43(29-52-25-23-49(58,24-26-52)39-19-21-40(50)22-20-39)60-47(61-45(32)36-13-11-33(30-54)12-14-36)37-17-15-35(16-18-37)41-10-6-5-9-38(41)28-53-44(55)27-42(46(53)56)51-48(57)59-31-34-7-3-2-4-8-34/h2-22,32,42-43,45,47,54,58H,23-31H2,1H3,(H,51,57). The van der Waals surface area contributed by atoms with Crippen molar-refractivity contribution in [1.29, 1.82) is 0 Å². The van der Waals surface area contributed by atoms with Gasteiger partial charge in [0.05, 0.1) is 37.4 Å². The number of benzene rings is 5. The first-order chi connectivity index (χ1) is 29.6. The van der Waals surface area contributed by atoms with Crippen LogP contribution in [0.2, 0.25) is 5.02 Å². The van der Waals surface area contributed by atoms with Crippen LogP contribution in [0.5, 0.6) is 0 Å². The predicted molar refractivity (Wildman–Crippen MR) is 230 cm³/mol. The van der Waals surface area contributed by atoms with Crippen LogP contribution in [0.15, 0.2) is 127 Å². The van der Waals surface area contributed by atoms with E-state index in [2.05, 4.69) is 17.1 Å². The van der Waals surface area contributed by atoms with E-state index in [9.17, 15) is 24.6 Å². The third-order valence-electron chi connectivity index (χ3n) is 12.2. The van der Waals surface area contributed by atoms with E-state index < -0.39 is 29.9 Å². The minimum atomic E-state index is -1.01. The Morgan fingerprint density at radius 2 is 1.51 bits per heavy atom. The van der Waals surface area contributed by atoms with Crippen molar-refractivity contribution in [2.24, 2.45) is 5.92 Å². The predicted octanol–water partition coefficient (Wildman–Crippen LogP) is 7.83. The highest BCUT2D eigenvalue weighted by Crippen LogP contribution is 2.43. The number of ether oxygens (including phenoxy) is 3. The Hall–Kier alpha value is -5.40. The molecule has 3 amide bonds. The van der Waals surface area contributed by atoms with Crippen molar-refractivity contribution in [3.63, 3.8) is 0 Å². The first-order valence-corrected chi connectivity index (χ1v) is 21.2. The van der Waals surface area contributed by atoms with Crippen LogP contribution in [0, 0.1) is 5.92 Å². The first-order valence-electron chi connectivity index (χ1n) is 20.8. The monoisotopic (exact) mass is 843 g/mol. The average Bonchev–Trinajstić information content (AvgIpc) is 3.55. The van der Waals surface area contributed by atoms with Gasteiger partial charge in [-0.15, -0.1) is 0 Å². The third-order valence-corrected chi connectivity index (χ3v) is 12.5. The van der Waals surface area contributed by atoms with Crippen molar-refractivity contribution in [2.75, 3.05) is 19.6 Å². The molecule has 5 atom stereocenters. The van der Waals surface area contributed by atoms with E-state index >= 15 is 0 Å². The van der Waals surface area contributed by atoms with Gasteiger partial charge in [-0.25, -0.2) is 4.79 Å². The Labute approximate surface area is 360 Å². The van der Waals surface area contributed by atoms with Gasteiger partial charge in [0.2, 0.25) is 5.91 Å². The lowest BCUT2D eigenvalue weighted by Crippen LogP contribution is -2.49. The van der Waals surface area contributed by atoms with E-state index in [1.54, 1.807) is 0 Å². The van der Waals surface area contributed by atoms with Gasteiger partial charge in [0.25, 0.3) is 5.91 Å². The molecule has 3 aliphatic rings. The Bertz CT molecular complexity index is 2300. The third kappa shape index (κ3) is 9.73. The molecule has 61 heavy (non-hydrogen) atoms. The number of hydrogen-bond donors (Lipinski definition) is 3. The highest BCUT2D eigenvalue weighted by Gasteiger charge is 2.42. The molecule has 0 aliphatic carbocycles. The minimum absolute atomic E-state index is 0.00908. The first kappa shape index (κ1) is 42.3. The zero-order chi connectivity index (χ0) is 42.5. The number of nitrogens with zero attached hydrogens (tertiary/aromatic N) is 2. The molecule has 5 aromatic carbocycles. The summed E-state index contributed by atoms with van der Waals surface area (Å²) in [7, 11) is 0. The Morgan fingerprint density at radius 3 is 2.21 bits per heavy atom. The summed E-state index contributed by atoms with van der Waals surface area (Å²) in [6.07, 6.45) is -0.877. The van der Waals surface area contributed by atoms with Gasteiger partial charge in [-0.1, -0.05) is 134 Å². The zero-order valence-corrected chi connectivity index (χ0v) is 34.7. The molecule has 0 aromatic heterocycles. The Morgan fingerprint density at radius 1 is 0.836 bits per heavy atom. The zero-order valence-electron chi connectivity index (χ0n) is 34.0. The molecule has 3 saturated heterocycles. The lowest BCUT2D eigenvalue weighted by molar-refractivity contribution is -0.277. The molecule has 0 spiro atoms. The van der Waals surface area contributed by atoms with E-state index in [1.807, 2.05) is 127 Å². The highest BCUT2D eigenvalue weighted by atomic mass is 35.5. The number of carbonyl (C=O) groups excluding carboxylic acids is 3. The number of alkyl carbamates (subject to hydrolysis) is 1. The molecule has 8 rings (SSSR count). The second kappa shape index (κ2) is 18.7. The van der Waals surface area contributed by atoms with Crippen LogP contribution >= 0.6 is 11.6 Å². The summed E-state index contributed by atoms with van der Waals surface area (Å²) in [4.78, 5) is 42.6. The fourth-order valence-electron chi connectivity index (χ4n) is 8.54. The van der Waals surface area contributed by atoms with Crippen molar-refractivity contribution in [3.8, 4) is 11.1 Å². The van der Waals surface area contributed by atoms with Crippen molar-refractivity contribution in [3.05, 3.63) is 166 Å². The van der Waals surface area contributed by atoms with Crippen LogP contribution in [0.1, 0.15) is 72.0 Å². The number of hydrogen-bond acceptors (Lipinski definition) is 9. The smallest absolute Gasteiger partial charge is 0.408 e. The van der Waals surface area contributed by atoms with Crippen molar-refractivity contribution >= 4 is 29.5 Å². The maximum Gasteiger partial charge on any atom is 0.408 e. The van der Waals surface area contributed by atoms with Crippen molar-refractivity contribution in [2.45, 2.75) is 76.1 Å². The number of imide groups is 1. The molecule has 0 bridgehead atoms. The summed E-state index contributed by atoms with van der Waals surface area (Å²) in [5, 5.41) is 24.5. The quantitative estimate of drug-likeness (QED) is 0.107. The summed E-state index contributed by atoms with van der Waals surface area (Å²) in [5.74, 6) is -0.865. The normalized spacial score (nSPS) is 22.9. The molecule has 3 aliphatic heterocycles. The minimum Gasteiger partial charge on any atom is -0.445 e. The summed E-state index contributed by atoms with van der Waals surface area (Å²) >= 11 is 6.12. The van der Waals surface area contributed by atoms with Crippen LogP contribution in [-0.4, -0.2) is 69.7 Å². The van der Waals surface area contributed by atoms with E-state index in [0.717, 1.165) is 44.5 Å². The van der Waals surface area contributed by atoms with Gasteiger partial charge < -0.3 is 34.6 Å². The molecule has 3 heterocycles. The largest absolute Gasteiger partial charge is 0.445 e. The van der Waals surface area contributed by atoms with Crippen molar-refractivity contribution < 1.29 is 38.8 Å².